The first-order chi connectivity index (χ1) is 14.9. The number of pyridine rings is 1. The van der Waals surface area contributed by atoms with Gasteiger partial charge in [0.05, 0.1) is 4.90 Å². The molecule has 4 rings (SSSR count). The van der Waals surface area contributed by atoms with E-state index in [0.29, 0.717) is 37.9 Å². The molecule has 2 aliphatic heterocycles. The molecule has 1 atom stereocenters. The standard InChI is InChI=1S/C20H26N4O5S2/c25-18-4-3-16(31(27,28)23-8-1-2-9-23)14-24(18)17(13-15-5-10-29-11-6-15)19(26)22-20-21-7-12-30-20/h3-4,7,12,14-15,17H,1-2,5-6,8-11,13H2,(H,21,22,26). The molecule has 11 heteroatoms. The van der Waals surface area contributed by atoms with E-state index in [4.69, 9.17) is 4.74 Å². The summed E-state index contributed by atoms with van der Waals surface area (Å²) >= 11 is 1.29. The molecule has 168 valence electrons. The summed E-state index contributed by atoms with van der Waals surface area (Å²) in [7, 11) is -3.71. The van der Waals surface area contributed by atoms with Crippen molar-refractivity contribution in [2.45, 2.75) is 43.0 Å². The van der Waals surface area contributed by atoms with Crippen LogP contribution in [-0.4, -0.2) is 54.5 Å². The van der Waals surface area contributed by atoms with Gasteiger partial charge in [-0.25, -0.2) is 13.4 Å². The summed E-state index contributed by atoms with van der Waals surface area (Å²) < 4.78 is 34.2. The van der Waals surface area contributed by atoms with Crippen LogP contribution in [0.3, 0.4) is 0 Å². The van der Waals surface area contributed by atoms with Crippen LogP contribution in [0.2, 0.25) is 0 Å². The van der Waals surface area contributed by atoms with Crippen LogP contribution in [0, 0.1) is 5.92 Å². The second-order valence-corrected chi connectivity index (χ2v) is 10.7. The smallest absolute Gasteiger partial charge is 0.251 e. The van der Waals surface area contributed by atoms with Crippen LogP contribution < -0.4 is 10.9 Å². The molecule has 0 aliphatic carbocycles. The Balaban J connectivity index is 1.67. The molecule has 0 saturated carbocycles. The van der Waals surface area contributed by atoms with Gasteiger partial charge in [0.15, 0.2) is 5.13 Å². The van der Waals surface area contributed by atoms with Gasteiger partial charge >= 0.3 is 0 Å². The van der Waals surface area contributed by atoms with Crippen molar-refractivity contribution < 1.29 is 17.9 Å². The van der Waals surface area contributed by atoms with Gasteiger partial charge in [-0.15, -0.1) is 11.3 Å². The minimum absolute atomic E-state index is 0.0352. The fraction of sp³-hybridized carbons (Fsp3) is 0.550. The Morgan fingerprint density at radius 1 is 1.26 bits per heavy atom. The Hall–Kier alpha value is -2.08. The molecule has 2 aliphatic rings. The molecule has 0 spiro atoms. The molecule has 2 saturated heterocycles. The van der Waals surface area contributed by atoms with E-state index in [0.717, 1.165) is 25.7 Å². The van der Waals surface area contributed by atoms with Gasteiger partial charge in [0.25, 0.3) is 5.56 Å². The number of amides is 1. The van der Waals surface area contributed by atoms with Gasteiger partial charge in [0.2, 0.25) is 15.9 Å². The predicted octanol–water partition coefficient (Wildman–Crippen LogP) is 2.09. The highest BCUT2D eigenvalue weighted by atomic mass is 32.2. The Labute approximate surface area is 185 Å². The van der Waals surface area contributed by atoms with Crippen molar-refractivity contribution in [3.8, 4) is 0 Å². The summed E-state index contributed by atoms with van der Waals surface area (Å²) in [6, 6.07) is 1.72. The lowest BCUT2D eigenvalue weighted by Gasteiger charge is -2.27. The number of nitrogens with zero attached hydrogens (tertiary/aromatic N) is 3. The zero-order chi connectivity index (χ0) is 21.8. The van der Waals surface area contributed by atoms with Crippen LogP contribution in [0.25, 0.3) is 0 Å². The molecule has 1 unspecified atom stereocenters. The minimum Gasteiger partial charge on any atom is -0.381 e. The molecule has 2 fully saturated rings. The van der Waals surface area contributed by atoms with Crippen LogP contribution >= 0.6 is 11.3 Å². The summed E-state index contributed by atoms with van der Waals surface area (Å²) in [4.78, 5) is 30.0. The maximum atomic E-state index is 13.2. The van der Waals surface area contributed by atoms with Crippen molar-refractivity contribution in [3.63, 3.8) is 0 Å². The van der Waals surface area contributed by atoms with E-state index in [1.54, 1.807) is 11.6 Å². The highest BCUT2D eigenvalue weighted by Gasteiger charge is 2.31. The van der Waals surface area contributed by atoms with Crippen LogP contribution in [0.5, 0.6) is 0 Å². The molecule has 0 aromatic carbocycles. The zero-order valence-electron chi connectivity index (χ0n) is 17.1. The Kier molecular flexibility index (Phi) is 6.85. The SMILES string of the molecule is O=C(Nc1nccs1)C(CC1CCOCC1)n1cc(S(=O)(=O)N2CCCC2)ccc1=O. The fourth-order valence-electron chi connectivity index (χ4n) is 4.08. The second kappa shape index (κ2) is 9.60. The number of carbonyl (C=O) groups excluding carboxylic acids is 1. The van der Waals surface area contributed by atoms with Gasteiger partial charge < -0.3 is 14.6 Å². The predicted molar refractivity (Wildman–Crippen MR) is 117 cm³/mol. The average molecular weight is 467 g/mol. The fourth-order valence-corrected chi connectivity index (χ4v) is 6.13. The topological polar surface area (TPSA) is 111 Å². The molecule has 1 N–H and O–H groups in total. The van der Waals surface area contributed by atoms with Gasteiger partial charge in [0, 0.05) is 50.1 Å². The van der Waals surface area contributed by atoms with Gasteiger partial charge in [-0.2, -0.15) is 4.31 Å². The summed E-state index contributed by atoms with van der Waals surface area (Å²) in [5, 5.41) is 4.96. The van der Waals surface area contributed by atoms with E-state index in [9.17, 15) is 18.0 Å². The molecular formula is C20H26N4O5S2. The summed E-state index contributed by atoms with van der Waals surface area (Å²) in [6.45, 7) is 2.17. The average Bonchev–Trinajstić information content (AvgIpc) is 3.48. The van der Waals surface area contributed by atoms with Crippen molar-refractivity contribution in [1.29, 1.82) is 0 Å². The number of anilines is 1. The Bertz CT molecular complexity index is 1060. The van der Waals surface area contributed by atoms with E-state index in [1.165, 1.54) is 38.5 Å². The lowest BCUT2D eigenvalue weighted by molar-refractivity contribution is -0.120. The molecule has 1 amide bonds. The monoisotopic (exact) mass is 466 g/mol. The number of nitrogens with one attached hydrogen (secondary N) is 1. The molecular weight excluding hydrogens is 440 g/mol. The maximum Gasteiger partial charge on any atom is 0.251 e. The van der Waals surface area contributed by atoms with Crippen molar-refractivity contribution in [3.05, 3.63) is 40.3 Å². The number of ether oxygens (including phenoxy) is 1. The minimum atomic E-state index is -3.71. The van der Waals surface area contributed by atoms with Gasteiger partial charge in [-0.1, -0.05) is 0 Å². The maximum absolute atomic E-state index is 13.2. The number of hydrogen-bond acceptors (Lipinski definition) is 7. The quantitative estimate of drug-likeness (QED) is 0.669. The first-order valence-electron chi connectivity index (χ1n) is 10.5. The van der Waals surface area contributed by atoms with Crippen molar-refractivity contribution >= 4 is 32.4 Å². The largest absolute Gasteiger partial charge is 0.381 e. The first-order valence-corrected chi connectivity index (χ1v) is 12.8. The number of rotatable bonds is 7. The summed E-state index contributed by atoms with van der Waals surface area (Å²) in [5.41, 5.74) is -0.410. The van der Waals surface area contributed by atoms with Crippen molar-refractivity contribution in [2.75, 3.05) is 31.6 Å². The van der Waals surface area contributed by atoms with Gasteiger partial charge in [-0.05, 0) is 44.1 Å². The molecule has 2 aromatic heterocycles. The van der Waals surface area contributed by atoms with E-state index in [2.05, 4.69) is 10.3 Å². The lowest BCUT2D eigenvalue weighted by Crippen LogP contribution is -2.36. The zero-order valence-corrected chi connectivity index (χ0v) is 18.7. The lowest BCUT2D eigenvalue weighted by atomic mass is 9.92. The van der Waals surface area contributed by atoms with Crippen LogP contribution in [-0.2, 0) is 19.6 Å². The van der Waals surface area contributed by atoms with Gasteiger partial charge in [-0.3, -0.25) is 9.59 Å². The summed E-state index contributed by atoms with van der Waals surface area (Å²) in [5.74, 6) is -0.175. The normalized spacial score (nSPS) is 19.4. The van der Waals surface area contributed by atoms with Crippen molar-refractivity contribution in [1.82, 2.24) is 13.9 Å². The van der Waals surface area contributed by atoms with E-state index in [-0.39, 0.29) is 16.7 Å². The van der Waals surface area contributed by atoms with Crippen LogP contribution in [0.4, 0.5) is 5.13 Å². The molecule has 9 nitrogen and oxygen atoms in total. The highest BCUT2D eigenvalue weighted by Crippen LogP contribution is 2.28. The summed E-state index contributed by atoms with van der Waals surface area (Å²) in [6.07, 6.45) is 6.56. The molecule has 31 heavy (non-hydrogen) atoms. The van der Waals surface area contributed by atoms with E-state index in [1.807, 2.05) is 0 Å². The Morgan fingerprint density at radius 3 is 2.68 bits per heavy atom. The highest BCUT2D eigenvalue weighted by molar-refractivity contribution is 7.89. The van der Waals surface area contributed by atoms with E-state index < -0.39 is 21.6 Å². The third kappa shape index (κ3) is 5.05. The van der Waals surface area contributed by atoms with Gasteiger partial charge in [0.1, 0.15) is 6.04 Å². The second-order valence-electron chi connectivity index (χ2n) is 7.86. The number of thiazole rings is 1. The number of carbonyl (C=O) groups is 1. The third-order valence-electron chi connectivity index (χ3n) is 5.81. The van der Waals surface area contributed by atoms with E-state index >= 15 is 0 Å². The number of hydrogen-bond donors (Lipinski definition) is 1. The molecule has 4 heterocycles. The van der Waals surface area contributed by atoms with Crippen molar-refractivity contribution in [2.24, 2.45) is 5.92 Å². The molecule has 2 aromatic rings. The Morgan fingerprint density at radius 2 is 2.00 bits per heavy atom. The van der Waals surface area contributed by atoms with Crippen LogP contribution in [0.1, 0.15) is 38.1 Å². The third-order valence-corrected chi connectivity index (χ3v) is 8.38. The molecule has 0 radical (unpaired) electrons. The number of aromatic nitrogens is 2. The number of sulfonamides is 1. The van der Waals surface area contributed by atoms with Crippen LogP contribution in [0.15, 0.2) is 39.6 Å². The molecule has 0 bridgehead atoms. The first kappa shape index (κ1) is 22.1.